The lowest BCUT2D eigenvalue weighted by atomic mass is 10.1. The predicted octanol–water partition coefficient (Wildman–Crippen LogP) is 3.27. The third-order valence-corrected chi connectivity index (χ3v) is 3.77. The lowest BCUT2D eigenvalue weighted by Gasteiger charge is -2.09. The second kappa shape index (κ2) is 5.72. The molecule has 1 aromatic carbocycles. The molecule has 1 saturated carbocycles. The Morgan fingerprint density at radius 1 is 1.22 bits per heavy atom. The number of nitrogens with one attached hydrogen (secondary N) is 1. The number of rotatable bonds is 5. The first-order chi connectivity index (χ1) is 11.3. The third kappa shape index (κ3) is 3.01. The van der Waals surface area contributed by atoms with Gasteiger partial charge in [0.1, 0.15) is 0 Å². The van der Waals surface area contributed by atoms with Crippen molar-refractivity contribution in [3.8, 4) is 11.6 Å². The van der Waals surface area contributed by atoms with Gasteiger partial charge in [-0.15, -0.1) is 0 Å². The molecule has 116 valence electrons. The van der Waals surface area contributed by atoms with Crippen molar-refractivity contribution in [2.24, 2.45) is 5.92 Å². The summed E-state index contributed by atoms with van der Waals surface area (Å²) < 4.78 is 10.5. The number of anilines is 1. The maximum absolute atomic E-state index is 12.0. The molecule has 1 aliphatic rings. The van der Waals surface area contributed by atoms with Crippen molar-refractivity contribution in [1.29, 1.82) is 0 Å². The zero-order valence-electron chi connectivity index (χ0n) is 12.4. The minimum atomic E-state index is 0.0826. The van der Waals surface area contributed by atoms with Crippen LogP contribution in [0.2, 0.25) is 0 Å². The van der Waals surface area contributed by atoms with Gasteiger partial charge in [0.05, 0.1) is 12.7 Å². The van der Waals surface area contributed by atoms with Gasteiger partial charge in [0.2, 0.25) is 17.6 Å². The maximum Gasteiger partial charge on any atom is 0.238 e. The van der Waals surface area contributed by atoms with Crippen LogP contribution in [0.1, 0.15) is 24.3 Å². The summed E-state index contributed by atoms with van der Waals surface area (Å²) in [7, 11) is 0. The number of carbonyl (C=O) groups excluding carboxylic acids is 1. The summed E-state index contributed by atoms with van der Waals surface area (Å²) in [4.78, 5) is 16.3. The molecule has 6 heteroatoms. The molecule has 0 atom stereocenters. The topological polar surface area (TPSA) is 81.2 Å². The molecule has 6 nitrogen and oxygen atoms in total. The van der Waals surface area contributed by atoms with Gasteiger partial charge >= 0.3 is 0 Å². The van der Waals surface area contributed by atoms with E-state index < -0.39 is 0 Å². The molecule has 23 heavy (non-hydrogen) atoms. The highest BCUT2D eigenvalue weighted by atomic mass is 16.5. The van der Waals surface area contributed by atoms with Crippen LogP contribution in [0.4, 0.5) is 5.69 Å². The highest BCUT2D eigenvalue weighted by Crippen LogP contribution is 2.31. The molecule has 1 aliphatic carbocycles. The van der Waals surface area contributed by atoms with Gasteiger partial charge in [0.25, 0.3) is 0 Å². The summed E-state index contributed by atoms with van der Waals surface area (Å²) in [6.45, 7) is 0. The van der Waals surface area contributed by atoms with E-state index in [1.165, 1.54) is 0 Å². The molecule has 1 N–H and O–H groups in total. The van der Waals surface area contributed by atoms with Crippen molar-refractivity contribution < 1.29 is 13.7 Å². The molecule has 1 amide bonds. The quantitative estimate of drug-likeness (QED) is 0.782. The van der Waals surface area contributed by atoms with Gasteiger partial charge in [-0.1, -0.05) is 23.4 Å². The number of hydrogen-bond donors (Lipinski definition) is 1. The number of amides is 1. The number of aromatic nitrogens is 2. The van der Waals surface area contributed by atoms with Crippen molar-refractivity contribution in [1.82, 2.24) is 10.1 Å². The van der Waals surface area contributed by atoms with Crippen LogP contribution < -0.4 is 5.32 Å². The van der Waals surface area contributed by atoms with Crippen LogP contribution >= 0.6 is 0 Å². The second-order valence-electron chi connectivity index (χ2n) is 5.59. The predicted molar refractivity (Wildman–Crippen MR) is 82.6 cm³/mol. The van der Waals surface area contributed by atoms with E-state index in [2.05, 4.69) is 15.5 Å². The molecule has 0 aliphatic heterocycles. The molecule has 0 unspecified atom stereocenters. The van der Waals surface area contributed by atoms with Crippen LogP contribution in [0, 0.1) is 5.92 Å². The van der Waals surface area contributed by atoms with Crippen LogP contribution in [-0.4, -0.2) is 16.0 Å². The lowest BCUT2D eigenvalue weighted by Crippen LogP contribution is -2.14. The zero-order chi connectivity index (χ0) is 15.6. The average molecular weight is 309 g/mol. The fraction of sp³-hybridized carbons (Fsp3) is 0.235. The molecule has 1 fully saturated rings. The van der Waals surface area contributed by atoms with Crippen molar-refractivity contribution in [3.63, 3.8) is 0 Å². The molecular weight excluding hydrogens is 294 g/mol. The monoisotopic (exact) mass is 309 g/mol. The summed E-state index contributed by atoms with van der Waals surface area (Å²) >= 11 is 0. The molecular formula is C17H15N3O3. The average Bonchev–Trinajstić information content (AvgIpc) is 3.08. The molecule has 0 saturated heterocycles. The van der Waals surface area contributed by atoms with Gasteiger partial charge in [0.15, 0.2) is 5.76 Å². The van der Waals surface area contributed by atoms with E-state index >= 15 is 0 Å². The van der Waals surface area contributed by atoms with Gasteiger partial charge in [-0.25, -0.2) is 0 Å². The van der Waals surface area contributed by atoms with Crippen molar-refractivity contribution in [2.75, 3.05) is 5.32 Å². The smallest absolute Gasteiger partial charge is 0.238 e. The summed E-state index contributed by atoms with van der Waals surface area (Å²) in [5.74, 6) is 1.71. The summed E-state index contributed by atoms with van der Waals surface area (Å²) in [6.07, 6.45) is 3.97. The van der Waals surface area contributed by atoms with Crippen LogP contribution in [0.15, 0.2) is 51.6 Å². The van der Waals surface area contributed by atoms with Crippen LogP contribution in [0.5, 0.6) is 0 Å². The first-order valence-electron chi connectivity index (χ1n) is 7.55. The molecule has 0 bridgehead atoms. The Morgan fingerprint density at radius 2 is 2.09 bits per heavy atom. The number of nitrogens with zero attached hydrogens (tertiary/aromatic N) is 2. The molecule has 2 heterocycles. The van der Waals surface area contributed by atoms with E-state index in [1.807, 2.05) is 24.3 Å². The van der Waals surface area contributed by atoms with Crippen molar-refractivity contribution in [3.05, 3.63) is 54.1 Å². The fourth-order valence-electron chi connectivity index (χ4n) is 2.37. The molecule has 0 radical (unpaired) electrons. The summed E-state index contributed by atoms with van der Waals surface area (Å²) in [5.41, 5.74) is 1.73. The summed E-state index contributed by atoms with van der Waals surface area (Å²) in [5, 5.41) is 6.90. The SMILES string of the molecule is O=C(Nc1ccccc1Cc1nc(-c2ccco2)no1)C1CC1. The minimum absolute atomic E-state index is 0.0826. The summed E-state index contributed by atoms with van der Waals surface area (Å²) in [6, 6.07) is 11.2. The highest BCUT2D eigenvalue weighted by molar-refractivity contribution is 5.94. The van der Waals surface area contributed by atoms with Gasteiger partial charge in [-0.05, 0) is 36.6 Å². The van der Waals surface area contributed by atoms with E-state index in [-0.39, 0.29) is 11.8 Å². The van der Waals surface area contributed by atoms with Crippen LogP contribution in [0.3, 0.4) is 0 Å². The van der Waals surface area contributed by atoms with Crippen molar-refractivity contribution in [2.45, 2.75) is 19.3 Å². The molecule has 3 aromatic rings. The Morgan fingerprint density at radius 3 is 2.87 bits per heavy atom. The van der Waals surface area contributed by atoms with Crippen molar-refractivity contribution >= 4 is 11.6 Å². The number of benzene rings is 1. The van der Waals surface area contributed by atoms with Crippen LogP contribution in [-0.2, 0) is 11.2 Å². The van der Waals surface area contributed by atoms with Gasteiger partial charge in [0, 0.05) is 11.6 Å². The maximum atomic E-state index is 12.0. The Bertz CT molecular complexity index is 819. The van der Waals surface area contributed by atoms with Gasteiger partial charge in [-0.3, -0.25) is 4.79 Å². The number of carbonyl (C=O) groups is 1. The van der Waals surface area contributed by atoms with E-state index in [9.17, 15) is 4.79 Å². The number of para-hydroxylation sites is 1. The number of furan rings is 1. The van der Waals surface area contributed by atoms with E-state index in [4.69, 9.17) is 8.94 Å². The van der Waals surface area contributed by atoms with Gasteiger partial charge < -0.3 is 14.3 Å². The Hall–Kier alpha value is -2.89. The lowest BCUT2D eigenvalue weighted by molar-refractivity contribution is -0.117. The minimum Gasteiger partial charge on any atom is -0.461 e. The van der Waals surface area contributed by atoms with E-state index in [0.717, 1.165) is 24.1 Å². The largest absolute Gasteiger partial charge is 0.461 e. The molecule has 0 spiro atoms. The molecule has 2 aromatic heterocycles. The zero-order valence-corrected chi connectivity index (χ0v) is 12.4. The van der Waals surface area contributed by atoms with E-state index in [0.29, 0.717) is 23.9 Å². The fourth-order valence-corrected chi connectivity index (χ4v) is 2.37. The standard InChI is InChI=1S/C17H15N3O3/c21-17(11-7-8-11)18-13-5-2-1-4-12(13)10-15-19-16(20-23-15)14-6-3-9-22-14/h1-6,9,11H,7-8,10H2,(H,18,21). The normalized spacial score (nSPS) is 13.9. The van der Waals surface area contributed by atoms with E-state index in [1.54, 1.807) is 18.4 Å². The van der Waals surface area contributed by atoms with Crippen LogP contribution in [0.25, 0.3) is 11.6 Å². The Balaban J connectivity index is 1.53. The second-order valence-corrected chi connectivity index (χ2v) is 5.59. The highest BCUT2D eigenvalue weighted by Gasteiger charge is 2.30. The first-order valence-corrected chi connectivity index (χ1v) is 7.55. The third-order valence-electron chi connectivity index (χ3n) is 3.77. The molecule has 4 rings (SSSR count). The Labute approximate surface area is 132 Å². The first kappa shape index (κ1) is 13.8. The number of hydrogen-bond acceptors (Lipinski definition) is 5. The Kier molecular flexibility index (Phi) is 3.42. The van der Waals surface area contributed by atoms with Gasteiger partial charge in [-0.2, -0.15) is 4.98 Å².